The normalized spacial score (nSPS) is 14.1. The monoisotopic (exact) mass is 480 g/mol. The highest BCUT2D eigenvalue weighted by Gasteiger charge is 2.45. The lowest BCUT2D eigenvalue weighted by atomic mass is 9.73. The molecule has 0 saturated heterocycles. The van der Waals surface area contributed by atoms with Gasteiger partial charge in [0.05, 0.1) is 16.9 Å². The van der Waals surface area contributed by atoms with E-state index in [9.17, 15) is 19.5 Å². The number of aliphatic carboxylic acids is 1. The molecule has 0 aromatic heterocycles. The van der Waals surface area contributed by atoms with Crippen molar-refractivity contribution in [1.82, 2.24) is 10.6 Å². The quantitative estimate of drug-likeness (QED) is 0.478. The van der Waals surface area contributed by atoms with E-state index in [1.165, 1.54) is 0 Å². The zero-order valence-corrected chi connectivity index (χ0v) is 21.3. The first-order valence-corrected chi connectivity index (χ1v) is 12.0. The van der Waals surface area contributed by atoms with Crippen molar-refractivity contribution >= 4 is 18.0 Å². The molecular weight excluding hydrogens is 444 g/mol. The number of nitrogens with one attached hydrogen (secondary N) is 2. The third-order valence-electron chi connectivity index (χ3n) is 7.49. The van der Waals surface area contributed by atoms with E-state index in [0.29, 0.717) is 0 Å². The molecule has 3 N–H and O–H groups in total. The first kappa shape index (κ1) is 26.3. The second-order valence-electron chi connectivity index (χ2n) is 10.6. The van der Waals surface area contributed by atoms with Crippen molar-refractivity contribution in [3.63, 3.8) is 0 Å². The van der Waals surface area contributed by atoms with E-state index >= 15 is 0 Å². The molecule has 188 valence electrons. The lowest BCUT2D eigenvalue weighted by Gasteiger charge is -2.40. The van der Waals surface area contributed by atoms with E-state index in [-0.39, 0.29) is 30.9 Å². The maximum Gasteiger partial charge on any atom is 0.407 e. The van der Waals surface area contributed by atoms with Crippen molar-refractivity contribution in [2.45, 2.75) is 53.0 Å². The smallest absolute Gasteiger partial charge is 0.407 e. The van der Waals surface area contributed by atoms with Gasteiger partial charge in [0.15, 0.2) is 0 Å². The number of ether oxygens (including phenoxy) is 1. The summed E-state index contributed by atoms with van der Waals surface area (Å²) in [6.45, 7) is 10.8. The van der Waals surface area contributed by atoms with Crippen LogP contribution in [0.1, 0.15) is 58.6 Å². The molecule has 1 unspecified atom stereocenters. The number of carbonyl (C=O) groups is 3. The van der Waals surface area contributed by atoms with E-state index in [4.69, 9.17) is 4.74 Å². The number of carbonyl (C=O) groups excluding carboxylic acids is 2. The molecule has 0 saturated carbocycles. The molecule has 35 heavy (non-hydrogen) atoms. The summed E-state index contributed by atoms with van der Waals surface area (Å²) in [5, 5.41) is 15.0. The van der Waals surface area contributed by atoms with Crippen LogP contribution >= 0.6 is 0 Å². The molecule has 7 heteroatoms. The summed E-state index contributed by atoms with van der Waals surface area (Å²) in [7, 11) is 0. The third-order valence-corrected chi connectivity index (χ3v) is 7.49. The number of carboxylic acid groups (broad SMARTS) is 1. The van der Waals surface area contributed by atoms with E-state index in [1.807, 2.05) is 24.3 Å². The van der Waals surface area contributed by atoms with Crippen molar-refractivity contribution in [3.05, 3.63) is 59.7 Å². The van der Waals surface area contributed by atoms with Gasteiger partial charge in [0.1, 0.15) is 6.61 Å². The molecule has 1 aliphatic carbocycles. The topological polar surface area (TPSA) is 105 Å². The molecular formula is C28H36N2O5. The Morgan fingerprint density at radius 1 is 0.943 bits per heavy atom. The first-order chi connectivity index (χ1) is 16.4. The van der Waals surface area contributed by atoms with Gasteiger partial charge in [0.2, 0.25) is 5.91 Å². The number of alkyl carbamates (subject to hydrolysis) is 1. The summed E-state index contributed by atoms with van der Waals surface area (Å²) in [5.74, 6) is -2.16. The minimum Gasteiger partial charge on any atom is -0.481 e. The Balaban J connectivity index is 1.64. The van der Waals surface area contributed by atoms with E-state index in [1.54, 1.807) is 41.5 Å². The van der Waals surface area contributed by atoms with Gasteiger partial charge in [-0.2, -0.15) is 0 Å². The number of rotatable bonds is 9. The molecule has 0 heterocycles. The van der Waals surface area contributed by atoms with Crippen molar-refractivity contribution in [2.24, 2.45) is 17.3 Å². The Kier molecular flexibility index (Phi) is 7.58. The largest absolute Gasteiger partial charge is 0.481 e. The number of hydrogen-bond acceptors (Lipinski definition) is 4. The Morgan fingerprint density at radius 3 is 1.94 bits per heavy atom. The van der Waals surface area contributed by atoms with Crippen LogP contribution in [0, 0.1) is 17.3 Å². The summed E-state index contributed by atoms with van der Waals surface area (Å²) in [6, 6.07) is 16.2. The number of carboxylic acids is 1. The number of benzene rings is 2. The van der Waals surface area contributed by atoms with Crippen LogP contribution in [0.25, 0.3) is 11.1 Å². The summed E-state index contributed by atoms with van der Waals surface area (Å²) in [4.78, 5) is 37.3. The van der Waals surface area contributed by atoms with Crippen LogP contribution in [-0.4, -0.2) is 41.8 Å². The van der Waals surface area contributed by atoms with E-state index < -0.39 is 28.9 Å². The average molecular weight is 481 g/mol. The minimum absolute atomic E-state index is 0.0241. The Bertz CT molecular complexity index is 1060. The molecule has 2 aromatic carbocycles. The van der Waals surface area contributed by atoms with Crippen LogP contribution in [0.15, 0.2) is 48.5 Å². The van der Waals surface area contributed by atoms with Gasteiger partial charge in [0, 0.05) is 12.5 Å². The fourth-order valence-electron chi connectivity index (χ4n) is 4.36. The van der Waals surface area contributed by atoms with Gasteiger partial charge < -0.3 is 20.5 Å². The summed E-state index contributed by atoms with van der Waals surface area (Å²) >= 11 is 0. The van der Waals surface area contributed by atoms with Crippen molar-refractivity contribution in [2.75, 3.05) is 13.2 Å². The first-order valence-electron chi connectivity index (χ1n) is 12.0. The Hall–Kier alpha value is -3.35. The Morgan fingerprint density at radius 2 is 1.46 bits per heavy atom. The fraction of sp³-hybridized carbons (Fsp3) is 0.464. The standard InChI is InChI=1S/C28H36N2O5/c1-17(2)22(24(31)32)15-29-25(33)27(3,4)28(5,6)30-26(34)35-16-23-20-13-9-7-11-18(20)19-12-8-10-14-21(19)23/h7-14,17,22-23H,15-16H2,1-6H3,(H,29,33)(H,30,34)(H,31,32). The zero-order valence-electron chi connectivity index (χ0n) is 21.3. The van der Waals surface area contributed by atoms with Crippen LogP contribution in [0.5, 0.6) is 0 Å². The predicted octanol–water partition coefficient (Wildman–Crippen LogP) is 4.80. The van der Waals surface area contributed by atoms with Gasteiger partial charge in [0.25, 0.3) is 0 Å². The lowest BCUT2D eigenvalue weighted by Crippen LogP contribution is -2.60. The SMILES string of the molecule is CC(C)C(CNC(=O)C(C)(C)C(C)(C)NC(=O)OCC1c2ccccc2-c2ccccc21)C(=O)O. The summed E-state index contributed by atoms with van der Waals surface area (Å²) in [5.41, 5.74) is 2.55. The molecule has 0 fully saturated rings. The molecule has 0 radical (unpaired) electrons. The molecule has 3 rings (SSSR count). The molecule has 1 atom stereocenters. The molecule has 7 nitrogen and oxygen atoms in total. The molecule has 1 aliphatic rings. The van der Waals surface area contributed by atoms with Crippen molar-refractivity contribution in [1.29, 1.82) is 0 Å². The van der Waals surface area contributed by atoms with Crippen LogP contribution < -0.4 is 10.6 Å². The van der Waals surface area contributed by atoms with Gasteiger partial charge in [-0.1, -0.05) is 62.4 Å². The van der Waals surface area contributed by atoms with Crippen LogP contribution in [-0.2, 0) is 14.3 Å². The Labute approximate surface area is 207 Å². The maximum atomic E-state index is 13.0. The molecule has 2 amide bonds. The number of fused-ring (bicyclic) bond motifs is 3. The lowest BCUT2D eigenvalue weighted by molar-refractivity contribution is -0.143. The second-order valence-corrected chi connectivity index (χ2v) is 10.6. The average Bonchev–Trinajstić information content (AvgIpc) is 3.10. The van der Waals surface area contributed by atoms with E-state index in [0.717, 1.165) is 22.3 Å². The molecule has 0 bridgehead atoms. The van der Waals surface area contributed by atoms with Crippen LogP contribution in [0.2, 0.25) is 0 Å². The van der Waals surface area contributed by atoms with E-state index in [2.05, 4.69) is 34.9 Å². The van der Waals surface area contributed by atoms with Gasteiger partial charge in [-0.3, -0.25) is 9.59 Å². The van der Waals surface area contributed by atoms with Gasteiger partial charge in [-0.25, -0.2) is 4.79 Å². The van der Waals surface area contributed by atoms with Crippen LogP contribution in [0.3, 0.4) is 0 Å². The fourth-order valence-corrected chi connectivity index (χ4v) is 4.36. The summed E-state index contributed by atoms with van der Waals surface area (Å²) < 4.78 is 5.65. The summed E-state index contributed by atoms with van der Waals surface area (Å²) in [6.07, 6.45) is -0.608. The second kappa shape index (κ2) is 10.1. The maximum absolute atomic E-state index is 13.0. The van der Waals surface area contributed by atoms with Gasteiger partial charge in [-0.05, 0) is 55.9 Å². The minimum atomic E-state index is -1.03. The molecule has 0 spiro atoms. The number of amides is 2. The molecule has 0 aliphatic heterocycles. The van der Waals surface area contributed by atoms with Crippen molar-refractivity contribution < 1.29 is 24.2 Å². The van der Waals surface area contributed by atoms with Crippen LogP contribution in [0.4, 0.5) is 4.79 Å². The zero-order chi connectivity index (χ0) is 26.0. The highest BCUT2D eigenvalue weighted by molar-refractivity contribution is 5.85. The predicted molar refractivity (Wildman–Crippen MR) is 135 cm³/mol. The third kappa shape index (κ3) is 5.34. The molecule has 2 aromatic rings. The highest BCUT2D eigenvalue weighted by Crippen LogP contribution is 2.44. The number of hydrogen-bond donors (Lipinski definition) is 3. The van der Waals surface area contributed by atoms with Gasteiger partial charge in [-0.15, -0.1) is 0 Å². The highest BCUT2D eigenvalue weighted by atomic mass is 16.5. The van der Waals surface area contributed by atoms with Crippen molar-refractivity contribution in [3.8, 4) is 11.1 Å². The van der Waals surface area contributed by atoms with Gasteiger partial charge >= 0.3 is 12.1 Å².